The van der Waals surface area contributed by atoms with Crippen molar-refractivity contribution >= 4 is 18.6 Å². The average Bonchev–Trinajstić information content (AvgIpc) is 2.96. The molecule has 0 N–H and O–H groups in total. The zero-order valence-electron chi connectivity index (χ0n) is 14.7. The summed E-state index contributed by atoms with van der Waals surface area (Å²) in [5.41, 5.74) is 1.42. The first-order valence-corrected chi connectivity index (χ1v) is 12.8. The Kier molecular flexibility index (Phi) is 9.76. The van der Waals surface area contributed by atoms with Gasteiger partial charge in [0, 0.05) is 0 Å². The predicted molar refractivity (Wildman–Crippen MR) is 103 cm³/mol. The van der Waals surface area contributed by atoms with E-state index in [9.17, 15) is 0 Å². The summed E-state index contributed by atoms with van der Waals surface area (Å²) < 4.78 is 0. The first-order valence-electron chi connectivity index (χ1n) is 9.13. The summed E-state index contributed by atoms with van der Waals surface area (Å²) in [7, 11) is -1.15. The van der Waals surface area contributed by atoms with Crippen molar-refractivity contribution in [1.82, 2.24) is 4.98 Å². The van der Waals surface area contributed by atoms with Crippen molar-refractivity contribution in [3.63, 3.8) is 0 Å². The van der Waals surface area contributed by atoms with Crippen molar-refractivity contribution in [2.24, 2.45) is 0 Å². The van der Waals surface area contributed by atoms with E-state index in [0.29, 0.717) is 0 Å². The molecular weight excluding hydrogens is 293 g/mol. The van der Waals surface area contributed by atoms with Gasteiger partial charge in [-0.1, -0.05) is 0 Å². The third-order valence-corrected chi connectivity index (χ3v) is 11.0. The first kappa shape index (κ1) is 19.1. The quantitative estimate of drug-likeness (QED) is 0.407. The molecule has 3 heteroatoms. The molecule has 1 rings (SSSR count). The van der Waals surface area contributed by atoms with Crippen LogP contribution in [0.4, 0.5) is 0 Å². The van der Waals surface area contributed by atoms with Crippen LogP contribution < -0.4 is 0 Å². The molecule has 124 valence electrons. The maximum absolute atomic E-state index is 4.89. The van der Waals surface area contributed by atoms with E-state index in [4.69, 9.17) is 4.98 Å². The molecule has 0 saturated heterocycles. The molecule has 0 aliphatic heterocycles. The molecule has 0 amide bonds. The fourth-order valence-electron chi connectivity index (χ4n) is 3.27. The molecule has 0 atom stereocenters. The van der Waals surface area contributed by atoms with Gasteiger partial charge < -0.3 is 0 Å². The summed E-state index contributed by atoms with van der Waals surface area (Å²) in [5.74, 6) is 0. The normalized spacial score (nSPS) is 12.8. The van der Waals surface area contributed by atoms with E-state index < -0.39 is 7.26 Å². The van der Waals surface area contributed by atoms with Crippen molar-refractivity contribution in [2.75, 3.05) is 18.5 Å². The number of rotatable bonds is 12. The van der Waals surface area contributed by atoms with Crippen molar-refractivity contribution in [3.05, 3.63) is 16.1 Å². The standard InChI is InChI=1S/C18H36NPS/c1-5-9-12-20(13-10-6-2,14-11-7-3)15-17-16-21-18(8-4)19-17/h16,20H,5-15H2,1-4H3. The van der Waals surface area contributed by atoms with Gasteiger partial charge in [-0.2, -0.15) is 0 Å². The molecule has 0 aromatic carbocycles. The second kappa shape index (κ2) is 10.7. The van der Waals surface area contributed by atoms with Gasteiger partial charge in [-0.15, -0.1) is 0 Å². The number of thiazole rings is 1. The number of aromatic nitrogens is 1. The summed E-state index contributed by atoms with van der Waals surface area (Å²) in [4.78, 5) is 4.89. The molecule has 1 aromatic heterocycles. The van der Waals surface area contributed by atoms with E-state index >= 15 is 0 Å². The Bertz CT molecular complexity index is 353. The minimum atomic E-state index is -1.15. The summed E-state index contributed by atoms with van der Waals surface area (Å²) >= 11 is 1.87. The van der Waals surface area contributed by atoms with Gasteiger partial charge in [0.05, 0.1) is 0 Å². The number of nitrogens with zero attached hydrogens (tertiary/aromatic N) is 1. The Morgan fingerprint density at radius 3 is 1.81 bits per heavy atom. The van der Waals surface area contributed by atoms with Crippen molar-refractivity contribution in [2.45, 2.75) is 78.8 Å². The van der Waals surface area contributed by atoms with Crippen molar-refractivity contribution in [1.29, 1.82) is 0 Å². The number of aryl methyl sites for hydroxylation is 1. The Labute approximate surface area is 137 Å². The van der Waals surface area contributed by atoms with Gasteiger partial charge in [0.2, 0.25) is 0 Å². The van der Waals surface area contributed by atoms with Crippen LogP contribution in [0.3, 0.4) is 0 Å². The molecule has 1 heterocycles. The van der Waals surface area contributed by atoms with E-state index in [1.165, 1.54) is 73.9 Å². The molecule has 0 unspecified atom stereocenters. The van der Waals surface area contributed by atoms with E-state index in [0.717, 1.165) is 6.42 Å². The van der Waals surface area contributed by atoms with Crippen LogP contribution in [-0.4, -0.2) is 23.5 Å². The fraction of sp³-hybridized carbons (Fsp3) is 0.833. The monoisotopic (exact) mass is 329 g/mol. The van der Waals surface area contributed by atoms with E-state index in [1.807, 2.05) is 11.3 Å². The zero-order valence-corrected chi connectivity index (χ0v) is 16.5. The van der Waals surface area contributed by atoms with Crippen molar-refractivity contribution < 1.29 is 0 Å². The summed E-state index contributed by atoms with van der Waals surface area (Å²) in [6.07, 6.45) is 15.4. The van der Waals surface area contributed by atoms with E-state index in [2.05, 4.69) is 33.1 Å². The molecule has 0 aliphatic carbocycles. The Balaban J connectivity index is 2.83. The van der Waals surface area contributed by atoms with Gasteiger partial charge in [0.1, 0.15) is 0 Å². The number of hydrogen-bond acceptors (Lipinski definition) is 2. The summed E-state index contributed by atoms with van der Waals surface area (Å²) in [6, 6.07) is 0. The van der Waals surface area contributed by atoms with Crippen molar-refractivity contribution in [3.8, 4) is 0 Å². The predicted octanol–water partition coefficient (Wildman–Crippen LogP) is 6.36. The Morgan fingerprint density at radius 2 is 1.43 bits per heavy atom. The van der Waals surface area contributed by atoms with Crippen LogP contribution in [0.15, 0.2) is 5.38 Å². The summed E-state index contributed by atoms with van der Waals surface area (Å²) in [5, 5.41) is 3.68. The molecule has 1 aromatic rings. The Hall–Kier alpha value is 0.0600. The maximum atomic E-state index is 4.89. The van der Waals surface area contributed by atoms with Crippen LogP contribution in [0.1, 0.15) is 76.9 Å². The van der Waals surface area contributed by atoms with Gasteiger partial charge in [0.25, 0.3) is 0 Å². The third kappa shape index (κ3) is 6.78. The summed E-state index contributed by atoms with van der Waals surface area (Å²) in [6.45, 7) is 9.25. The van der Waals surface area contributed by atoms with Gasteiger partial charge >= 0.3 is 137 Å². The molecule has 0 fully saturated rings. The van der Waals surface area contributed by atoms with Crippen LogP contribution in [-0.2, 0) is 12.6 Å². The number of hydrogen-bond donors (Lipinski definition) is 0. The second-order valence-electron chi connectivity index (χ2n) is 6.57. The molecule has 0 radical (unpaired) electrons. The third-order valence-electron chi connectivity index (χ3n) is 4.64. The molecular formula is C18H36NPS. The van der Waals surface area contributed by atoms with Crippen LogP contribution >= 0.6 is 18.6 Å². The van der Waals surface area contributed by atoms with Gasteiger partial charge in [-0.3, -0.25) is 0 Å². The van der Waals surface area contributed by atoms with Crippen LogP contribution in [0.25, 0.3) is 0 Å². The van der Waals surface area contributed by atoms with Gasteiger partial charge in [-0.25, -0.2) is 0 Å². The first-order chi connectivity index (χ1) is 10.2. The molecule has 0 spiro atoms. The number of unbranched alkanes of at least 4 members (excludes halogenated alkanes) is 3. The van der Waals surface area contributed by atoms with Crippen LogP contribution in [0.2, 0.25) is 0 Å². The molecule has 1 nitrogen and oxygen atoms in total. The Morgan fingerprint density at radius 1 is 0.905 bits per heavy atom. The SMILES string of the molecule is CCCC[PH](CCCC)(CCCC)Cc1csc(CC)n1. The second-order valence-corrected chi connectivity index (χ2v) is 12.4. The van der Waals surface area contributed by atoms with E-state index in [-0.39, 0.29) is 0 Å². The minimum absolute atomic E-state index is 1.10. The van der Waals surface area contributed by atoms with Crippen LogP contribution in [0.5, 0.6) is 0 Å². The van der Waals surface area contributed by atoms with Crippen LogP contribution in [0, 0.1) is 0 Å². The van der Waals surface area contributed by atoms with Gasteiger partial charge in [0.15, 0.2) is 0 Å². The molecule has 0 saturated carbocycles. The fourth-order valence-corrected chi connectivity index (χ4v) is 9.71. The van der Waals surface area contributed by atoms with E-state index in [1.54, 1.807) is 0 Å². The molecule has 21 heavy (non-hydrogen) atoms. The van der Waals surface area contributed by atoms with Gasteiger partial charge in [-0.05, 0) is 0 Å². The molecule has 0 bridgehead atoms. The average molecular weight is 330 g/mol. The molecule has 0 aliphatic rings. The zero-order chi connectivity index (χ0) is 15.6. The topological polar surface area (TPSA) is 12.9 Å².